The highest BCUT2D eigenvalue weighted by molar-refractivity contribution is 5.55. The molecule has 2 rings (SSSR count). The second kappa shape index (κ2) is 3.05. The van der Waals surface area contributed by atoms with Gasteiger partial charge < -0.3 is 4.57 Å². The van der Waals surface area contributed by atoms with E-state index in [0.29, 0.717) is 0 Å². The predicted octanol–water partition coefficient (Wildman–Crippen LogP) is 2.40. The van der Waals surface area contributed by atoms with Crippen LogP contribution < -0.4 is 0 Å². The third-order valence-corrected chi connectivity index (χ3v) is 2.12. The van der Waals surface area contributed by atoms with E-state index in [-0.39, 0.29) is 0 Å². The van der Waals surface area contributed by atoms with Crippen molar-refractivity contribution in [2.75, 3.05) is 0 Å². The van der Waals surface area contributed by atoms with Gasteiger partial charge >= 0.3 is 0 Å². The molecule has 66 valence electrons. The molecule has 0 aliphatic carbocycles. The second-order valence-electron chi connectivity index (χ2n) is 3.22. The maximum Gasteiger partial charge on any atom is 0.0868 e. The van der Waals surface area contributed by atoms with Crippen LogP contribution in [0.15, 0.2) is 36.7 Å². The highest BCUT2D eigenvalue weighted by Crippen LogP contribution is 2.16. The van der Waals surface area contributed by atoms with Gasteiger partial charge in [-0.2, -0.15) is 0 Å². The summed E-state index contributed by atoms with van der Waals surface area (Å²) in [4.78, 5) is 4.32. The Morgan fingerprint density at radius 1 is 1.31 bits per heavy atom. The Morgan fingerprint density at radius 3 is 2.77 bits per heavy atom. The van der Waals surface area contributed by atoms with Crippen LogP contribution >= 0.6 is 0 Å². The first-order valence-corrected chi connectivity index (χ1v) is 4.32. The van der Waals surface area contributed by atoms with Crippen LogP contribution in [-0.4, -0.2) is 9.55 Å². The van der Waals surface area contributed by atoms with Gasteiger partial charge in [0.25, 0.3) is 0 Å². The first-order chi connectivity index (χ1) is 6.27. The lowest BCUT2D eigenvalue weighted by molar-refractivity contribution is 0.930. The summed E-state index contributed by atoms with van der Waals surface area (Å²) in [6.45, 7) is 2.08. The highest BCUT2D eigenvalue weighted by Gasteiger charge is 2.01. The number of aryl methyl sites for hydroxylation is 2. The van der Waals surface area contributed by atoms with E-state index in [2.05, 4.69) is 28.6 Å². The van der Waals surface area contributed by atoms with E-state index < -0.39 is 0 Å². The largest absolute Gasteiger partial charge is 0.349 e. The second-order valence-corrected chi connectivity index (χ2v) is 3.22. The van der Waals surface area contributed by atoms with Gasteiger partial charge in [0.05, 0.1) is 11.4 Å². The van der Waals surface area contributed by atoms with Crippen molar-refractivity contribution >= 4 is 0 Å². The fourth-order valence-corrected chi connectivity index (χ4v) is 1.40. The van der Waals surface area contributed by atoms with Crippen molar-refractivity contribution < 1.29 is 0 Å². The number of pyridine rings is 1. The third-order valence-electron chi connectivity index (χ3n) is 2.12. The first-order valence-electron chi connectivity index (χ1n) is 4.32. The van der Waals surface area contributed by atoms with Crippen molar-refractivity contribution in [1.29, 1.82) is 0 Å². The van der Waals surface area contributed by atoms with E-state index in [1.807, 2.05) is 31.6 Å². The highest BCUT2D eigenvalue weighted by atomic mass is 14.9. The van der Waals surface area contributed by atoms with Crippen LogP contribution in [0, 0.1) is 6.92 Å². The molecule has 0 atom stereocenters. The van der Waals surface area contributed by atoms with Gasteiger partial charge in [-0.1, -0.05) is 0 Å². The normalized spacial score (nSPS) is 10.3. The molecule has 0 N–H and O–H groups in total. The van der Waals surface area contributed by atoms with Gasteiger partial charge in [-0.15, -0.1) is 0 Å². The molecule has 2 nitrogen and oxygen atoms in total. The molecule has 0 fully saturated rings. The number of hydrogen-bond acceptors (Lipinski definition) is 1. The van der Waals surface area contributed by atoms with E-state index in [9.17, 15) is 0 Å². The Kier molecular flexibility index (Phi) is 1.89. The summed E-state index contributed by atoms with van der Waals surface area (Å²) in [5.41, 5.74) is 3.43. The molecular weight excluding hydrogens is 160 g/mol. The zero-order valence-electron chi connectivity index (χ0n) is 7.86. The van der Waals surface area contributed by atoms with Gasteiger partial charge in [-0.05, 0) is 36.8 Å². The SMILES string of the molecule is Cc1ccnc(-c2cccn2C)c1. The van der Waals surface area contributed by atoms with Crippen LogP contribution in [0.3, 0.4) is 0 Å². The molecule has 0 aromatic carbocycles. The zero-order chi connectivity index (χ0) is 9.26. The van der Waals surface area contributed by atoms with Crippen LogP contribution in [0.5, 0.6) is 0 Å². The van der Waals surface area contributed by atoms with Crippen molar-refractivity contribution in [2.24, 2.45) is 7.05 Å². The van der Waals surface area contributed by atoms with Crippen molar-refractivity contribution in [3.8, 4) is 11.4 Å². The molecule has 0 radical (unpaired) electrons. The molecule has 0 saturated heterocycles. The van der Waals surface area contributed by atoms with E-state index in [4.69, 9.17) is 0 Å². The van der Waals surface area contributed by atoms with E-state index in [0.717, 1.165) is 11.4 Å². The molecule has 0 spiro atoms. The van der Waals surface area contributed by atoms with Crippen molar-refractivity contribution in [2.45, 2.75) is 6.92 Å². The Hall–Kier alpha value is -1.57. The van der Waals surface area contributed by atoms with Gasteiger partial charge in [-0.3, -0.25) is 4.98 Å². The van der Waals surface area contributed by atoms with E-state index in [1.165, 1.54) is 5.56 Å². The summed E-state index contributed by atoms with van der Waals surface area (Å²) in [5.74, 6) is 0. The van der Waals surface area contributed by atoms with Crippen molar-refractivity contribution in [3.63, 3.8) is 0 Å². The van der Waals surface area contributed by atoms with Gasteiger partial charge in [0.2, 0.25) is 0 Å². The number of hydrogen-bond donors (Lipinski definition) is 0. The number of aromatic nitrogens is 2. The molecule has 0 unspecified atom stereocenters. The molecule has 0 bridgehead atoms. The zero-order valence-corrected chi connectivity index (χ0v) is 7.86. The molecule has 2 heterocycles. The first kappa shape index (κ1) is 8.05. The summed E-state index contributed by atoms with van der Waals surface area (Å²) in [7, 11) is 2.03. The molecule has 2 heteroatoms. The van der Waals surface area contributed by atoms with Gasteiger partial charge in [0.15, 0.2) is 0 Å². The lowest BCUT2D eigenvalue weighted by atomic mass is 10.2. The fourth-order valence-electron chi connectivity index (χ4n) is 1.40. The Morgan fingerprint density at radius 2 is 2.15 bits per heavy atom. The van der Waals surface area contributed by atoms with E-state index >= 15 is 0 Å². The van der Waals surface area contributed by atoms with Crippen molar-refractivity contribution in [3.05, 3.63) is 42.2 Å². The molecule has 0 saturated carbocycles. The topological polar surface area (TPSA) is 17.8 Å². The van der Waals surface area contributed by atoms with Gasteiger partial charge in [0, 0.05) is 19.4 Å². The maximum atomic E-state index is 4.32. The quantitative estimate of drug-likeness (QED) is 0.645. The van der Waals surface area contributed by atoms with Crippen LogP contribution in [0.1, 0.15) is 5.56 Å². The molecular formula is C11H12N2. The number of rotatable bonds is 1. The standard InChI is InChI=1S/C11H12N2/c1-9-5-6-12-10(8-9)11-4-3-7-13(11)2/h3-8H,1-2H3. The third kappa shape index (κ3) is 1.47. The summed E-state index contributed by atoms with van der Waals surface area (Å²) < 4.78 is 2.07. The molecule has 13 heavy (non-hydrogen) atoms. The summed E-state index contributed by atoms with van der Waals surface area (Å²) in [5, 5.41) is 0. The predicted molar refractivity (Wildman–Crippen MR) is 53.4 cm³/mol. The Bertz CT molecular complexity index is 416. The van der Waals surface area contributed by atoms with Crippen LogP contribution in [-0.2, 0) is 7.05 Å². The minimum Gasteiger partial charge on any atom is -0.349 e. The molecule has 0 amide bonds. The molecule has 2 aromatic heterocycles. The summed E-state index contributed by atoms with van der Waals surface area (Å²) in [6, 6.07) is 8.20. The van der Waals surface area contributed by atoms with Crippen LogP contribution in [0.25, 0.3) is 11.4 Å². The van der Waals surface area contributed by atoms with Crippen molar-refractivity contribution in [1.82, 2.24) is 9.55 Å². The average Bonchev–Trinajstić information content (AvgIpc) is 2.51. The fraction of sp³-hybridized carbons (Fsp3) is 0.182. The monoisotopic (exact) mass is 172 g/mol. The Balaban J connectivity index is 2.53. The minimum absolute atomic E-state index is 1.03. The summed E-state index contributed by atoms with van der Waals surface area (Å²) >= 11 is 0. The molecule has 0 aliphatic heterocycles. The average molecular weight is 172 g/mol. The minimum atomic E-state index is 1.03. The van der Waals surface area contributed by atoms with Crippen LogP contribution in [0.2, 0.25) is 0 Å². The van der Waals surface area contributed by atoms with Gasteiger partial charge in [0.1, 0.15) is 0 Å². The number of nitrogens with zero attached hydrogens (tertiary/aromatic N) is 2. The summed E-state index contributed by atoms with van der Waals surface area (Å²) in [6.07, 6.45) is 3.87. The van der Waals surface area contributed by atoms with Gasteiger partial charge in [-0.25, -0.2) is 0 Å². The lowest BCUT2D eigenvalue weighted by Crippen LogP contribution is -1.91. The smallest absolute Gasteiger partial charge is 0.0868 e. The van der Waals surface area contributed by atoms with E-state index in [1.54, 1.807) is 0 Å². The maximum absolute atomic E-state index is 4.32. The molecule has 2 aromatic rings. The lowest BCUT2D eigenvalue weighted by Gasteiger charge is -2.02. The Labute approximate surface area is 77.9 Å². The molecule has 0 aliphatic rings. The van der Waals surface area contributed by atoms with Crippen LogP contribution in [0.4, 0.5) is 0 Å².